The molecule has 1 aliphatic carbocycles. The van der Waals surface area contributed by atoms with Gasteiger partial charge in [0.1, 0.15) is 5.54 Å². The summed E-state index contributed by atoms with van der Waals surface area (Å²) in [4.78, 5) is 24.6. The van der Waals surface area contributed by atoms with Gasteiger partial charge in [-0.1, -0.05) is 6.92 Å². The molecule has 1 aliphatic rings. The van der Waals surface area contributed by atoms with Crippen LogP contribution < -0.4 is 10.6 Å². The Hall–Kier alpha value is -1.30. The molecule has 0 radical (unpaired) electrons. The zero-order chi connectivity index (χ0) is 13.8. The Morgan fingerprint density at radius 1 is 1.44 bits per heavy atom. The summed E-state index contributed by atoms with van der Waals surface area (Å²) in [5.74, 6) is -0.950. The van der Waals surface area contributed by atoms with Gasteiger partial charge in [0.15, 0.2) is 0 Å². The Labute approximate surface area is 108 Å². The number of urea groups is 1. The van der Waals surface area contributed by atoms with Crippen LogP contribution in [0.5, 0.6) is 0 Å². The minimum absolute atomic E-state index is 0.396. The van der Waals surface area contributed by atoms with Crippen molar-refractivity contribution >= 4 is 12.0 Å². The van der Waals surface area contributed by atoms with Gasteiger partial charge >= 0.3 is 12.0 Å². The molecule has 0 aromatic rings. The first-order valence-corrected chi connectivity index (χ1v) is 6.41. The second kappa shape index (κ2) is 6.04. The molecule has 6 heteroatoms. The predicted molar refractivity (Wildman–Crippen MR) is 68.5 cm³/mol. The van der Waals surface area contributed by atoms with E-state index in [4.69, 9.17) is 5.11 Å². The summed E-state index contributed by atoms with van der Waals surface area (Å²) in [5, 5.41) is 14.1. The highest BCUT2D eigenvalue weighted by molar-refractivity contribution is 5.88. The van der Waals surface area contributed by atoms with E-state index in [1.54, 1.807) is 0 Å². The van der Waals surface area contributed by atoms with Gasteiger partial charge in [-0.2, -0.15) is 0 Å². The molecule has 0 spiro atoms. The van der Waals surface area contributed by atoms with Crippen LogP contribution in [0.4, 0.5) is 4.79 Å². The van der Waals surface area contributed by atoms with Crippen LogP contribution in [0.15, 0.2) is 0 Å². The molecule has 1 atom stereocenters. The van der Waals surface area contributed by atoms with Gasteiger partial charge in [-0.25, -0.2) is 9.59 Å². The number of carboxylic acids is 1. The molecule has 18 heavy (non-hydrogen) atoms. The van der Waals surface area contributed by atoms with Crippen LogP contribution in [0.3, 0.4) is 0 Å². The second-order valence-corrected chi connectivity index (χ2v) is 5.01. The highest BCUT2D eigenvalue weighted by Crippen LogP contribution is 2.35. The maximum absolute atomic E-state index is 11.5. The summed E-state index contributed by atoms with van der Waals surface area (Å²) in [6, 6.07) is 0.0797. The third-order valence-corrected chi connectivity index (χ3v) is 3.61. The molecular weight excluding hydrogens is 234 g/mol. The Morgan fingerprint density at radius 3 is 2.50 bits per heavy atom. The average Bonchev–Trinajstić information content (AvgIpc) is 3.08. The lowest BCUT2D eigenvalue weighted by atomic mass is 10.2. The summed E-state index contributed by atoms with van der Waals surface area (Å²) < 4.78 is 0. The molecular formula is C12H23N3O3. The van der Waals surface area contributed by atoms with Crippen molar-refractivity contribution < 1.29 is 14.7 Å². The molecule has 1 unspecified atom stereocenters. The first-order valence-electron chi connectivity index (χ1n) is 6.41. The highest BCUT2D eigenvalue weighted by Gasteiger charge is 2.51. The van der Waals surface area contributed by atoms with Crippen LogP contribution in [0.1, 0.15) is 33.1 Å². The lowest BCUT2D eigenvalue weighted by Crippen LogP contribution is -2.49. The van der Waals surface area contributed by atoms with Crippen molar-refractivity contribution in [2.45, 2.75) is 44.7 Å². The quantitative estimate of drug-likeness (QED) is 0.625. The van der Waals surface area contributed by atoms with E-state index in [1.165, 1.54) is 0 Å². The van der Waals surface area contributed by atoms with Crippen molar-refractivity contribution in [1.29, 1.82) is 0 Å². The van der Waals surface area contributed by atoms with Crippen molar-refractivity contribution in [3.05, 3.63) is 0 Å². The third kappa shape index (κ3) is 3.87. The van der Waals surface area contributed by atoms with Crippen LogP contribution in [0.2, 0.25) is 0 Å². The van der Waals surface area contributed by atoms with E-state index in [-0.39, 0.29) is 0 Å². The number of nitrogens with one attached hydrogen (secondary N) is 2. The fraction of sp³-hybridized carbons (Fsp3) is 0.833. The number of nitrogens with zero attached hydrogens (tertiary/aromatic N) is 1. The summed E-state index contributed by atoms with van der Waals surface area (Å²) in [5.41, 5.74) is -1.01. The molecule has 1 rings (SSSR count). The van der Waals surface area contributed by atoms with E-state index < -0.39 is 17.5 Å². The molecule has 3 N–H and O–H groups in total. The number of rotatable bonds is 7. The number of carboxylic acid groups (broad SMARTS) is 1. The SMILES string of the molecule is CCC(C)N(C)CCNC(=O)NC1(C(=O)O)CC1. The van der Waals surface area contributed by atoms with Gasteiger partial charge in [-0.3, -0.25) is 0 Å². The summed E-state index contributed by atoms with van der Waals surface area (Å²) >= 11 is 0. The van der Waals surface area contributed by atoms with Crippen LogP contribution >= 0.6 is 0 Å². The van der Waals surface area contributed by atoms with Crippen LogP contribution in [0.25, 0.3) is 0 Å². The Morgan fingerprint density at radius 2 is 2.06 bits per heavy atom. The van der Waals surface area contributed by atoms with E-state index in [0.717, 1.165) is 13.0 Å². The number of hydrogen-bond donors (Lipinski definition) is 3. The number of amides is 2. The standard InChI is InChI=1S/C12H23N3O3/c1-4-9(2)15(3)8-7-13-11(18)14-12(5-6-12)10(16)17/h9H,4-8H2,1-3H3,(H,16,17)(H2,13,14,18). The van der Waals surface area contributed by atoms with Gasteiger partial charge in [-0.15, -0.1) is 0 Å². The number of hydrogen-bond acceptors (Lipinski definition) is 3. The monoisotopic (exact) mass is 257 g/mol. The van der Waals surface area contributed by atoms with E-state index in [9.17, 15) is 9.59 Å². The van der Waals surface area contributed by atoms with Crippen molar-refractivity contribution in [2.75, 3.05) is 20.1 Å². The lowest BCUT2D eigenvalue weighted by Gasteiger charge is -2.23. The first kappa shape index (κ1) is 14.8. The summed E-state index contributed by atoms with van der Waals surface area (Å²) in [6.07, 6.45) is 2.09. The highest BCUT2D eigenvalue weighted by atomic mass is 16.4. The zero-order valence-corrected chi connectivity index (χ0v) is 11.3. The van der Waals surface area contributed by atoms with Gasteiger partial charge in [0.2, 0.25) is 0 Å². The average molecular weight is 257 g/mol. The summed E-state index contributed by atoms with van der Waals surface area (Å²) in [6.45, 7) is 5.51. The van der Waals surface area contributed by atoms with Crippen LogP contribution in [-0.2, 0) is 4.79 Å². The maximum Gasteiger partial charge on any atom is 0.329 e. The third-order valence-electron chi connectivity index (χ3n) is 3.61. The minimum atomic E-state index is -1.01. The summed E-state index contributed by atoms with van der Waals surface area (Å²) in [7, 11) is 2.01. The lowest BCUT2D eigenvalue weighted by molar-refractivity contribution is -0.140. The predicted octanol–water partition coefficient (Wildman–Crippen LogP) is 0.633. The molecule has 2 amide bonds. The maximum atomic E-state index is 11.5. The molecule has 0 saturated heterocycles. The van der Waals surface area contributed by atoms with Gasteiger partial charge in [-0.05, 0) is 33.2 Å². The first-order chi connectivity index (χ1) is 8.41. The van der Waals surface area contributed by atoms with E-state index >= 15 is 0 Å². The van der Waals surface area contributed by atoms with E-state index in [2.05, 4.69) is 29.4 Å². The van der Waals surface area contributed by atoms with Gasteiger partial charge in [0.05, 0.1) is 0 Å². The molecule has 1 saturated carbocycles. The number of carbonyl (C=O) groups is 2. The smallest absolute Gasteiger partial charge is 0.329 e. The minimum Gasteiger partial charge on any atom is -0.480 e. The topological polar surface area (TPSA) is 81.7 Å². The van der Waals surface area contributed by atoms with E-state index in [1.807, 2.05) is 7.05 Å². The van der Waals surface area contributed by atoms with Gasteiger partial charge in [0, 0.05) is 19.1 Å². The molecule has 0 aliphatic heterocycles. The van der Waals surface area contributed by atoms with Crippen LogP contribution in [-0.4, -0.2) is 53.7 Å². The molecule has 0 aromatic carbocycles. The van der Waals surface area contributed by atoms with Gasteiger partial charge in [0.25, 0.3) is 0 Å². The normalized spacial score (nSPS) is 18.2. The van der Waals surface area contributed by atoms with Crippen molar-refractivity contribution in [3.63, 3.8) is 0 Å². The molecule has 0 bridgehead atoms. The Balaban J connectivity index is 2.20. The Bertz CT molecular complexity index is 316. The van der Waals surface area contributed by atoms with Gasteiger partial charge < -0.3 is 20.6 Å². The van der Waals surface area contributed by atoms with Crippen molar-refractivity contribution in [2.24, 2.45) is 0 Å². The zero-order valence-electron chi connectivity index (χ0n) is 11.3. The van der Waals surface area contributed by atoms with E-state index in [0.29, 0.717) is 25.4 Å². The molecule has 0 aromatic heterocycles. The number of likely N-dealkylation sites (N-methyl/N-ethyl adjacent to an activating group) is 1. The molecule has 104 valence electrons. The fourth-order valence-corrected chi connectivity index (χ4v) is 1.66. The number of aliphatic carboxylic acids is 1. The molecule has 1 fully saturated rings. The largest absolute Gasteiger partial charge is 0.480 e. The second-order valence-electron chi connectivity index (χ2n) is 5.01. The molecule has 6 nitrogen and oxygen atoms in total. The molecule has 0 heterocycles. The van der Waals surface area contributed by atoms with Crippen molar-refractivity contribution in [1.82, 2.24) is 15.5 Å². The number of carbonyl (C=O) groups excluding carboxylic acids is 1. The van der Waals surface area contributed by atoms with Crippen LogP contribution in [0, 0.1) is 0 Å². The Kier molecular flexibility index (Phi) is 4.95. The fourth-order valence-electron chi connectivity index (χ4n) is 1.66. The van der Waals surface area contributed by atoms with Crippen molar-refractivity contribution in [3.8, 4) is 0 Å².